The molecule has 0 bridgehead atoms. The number of hydrogen-bond acceptors (Lipinski definition) is 5. The van der Waals surface area contributed by atoms with Gasteiger partial charge in [-0.2, -0.15) is 0 Å². The van der Waals surface area contributed by atoms with E-state index < -0.39 is 0 Å². The molecule has 27 heavy (non-hydrogen) atoms. The lowest BCUT2D eigenvalue weighted by Gasteiger charge is -2.26. The number of rotatable bonds is 2. The van der Waals surface area contributed by atoms with Crippen molar-refractivity contribution in [3.05, 3.63) is 62.6 Å². The number of imidazole rings is 1. The summed E-state index contributed by atoms with van der Waals surface area (Å²) < 4.78 is 14.0. The number of aryl methyl sites for hydroxylation is 2. The summed E-state index contributed by atoms with van der Waals surface area (Å²) in [6.45, 7) is 4.07. The lowest BCUT2D eigenvalue weighted by atomic mass is 10.0. The molecule has 0 aliphatic carbocycles. The predicted molar refractivity (Wildman–Crippen MR) is 103 cm³/mol. The van der Waals surface area contributed by atoms with Crippen LogP contribution < -0.4 is 10.4 Å². The molecule has 1 aliphatic heterocycles. The van der Waals surface area contributed by atoms with Crippen LogP contribution in [0.15, 0.2) is 44.3 Å². The van der Waals surface area contributed by atoms with E-state index in [-0.39, 0.29) is 11.7 Å². The second kappa shape index (κ2) is 5.82. The van der Waals surface area contributed by atoms with Crippen LogP contribution >= 0.6 is 15.9 Å². The predicted octanol–water partition coefficient (Wildman–Crippen LogP) is 3.74. The molecule has 8 heteroatoms. The zero-order valence-electron chi connectivity index (χ0n) is 14.6. The summed E-state index contributed by atoms with van der Waals surface area (Å²) >= 11 is 3.59. The third-order valence-electron chi connectivity index (χ3n) is 4.93. The van der Waals surface area contributed by atoms with Crippen LogP contribution in [0.1, 0.15) is 23.2 Å². The van der Waals surface area contributed by atoms with Gasteiger partial charge in [-0.25, -0.2) is 4.79 Å². The summed E-state index contributed by atoms with van der Waals surface area (Å²) in [5.74, 6) is 1.35. The number of hydrogen-bond donors (Lipinski definition) is 1. The monoisotopic (exact) mass is 426 g/mol. The standard InChI is InChI=1S/C19H15BrN4O3/c1-9-15(10(2)27-23-9)11-7-12(20)16-17-18(11)26-8-14(24(17)19(25)22-16)13-5-3-4-6-21-13/h3-7,14H,8H2,1-2H3,(H,22,25). The molecule has 0 saturated carbocycles. The Kier molecular flexibility index (Phi) is 3.51. The summed E-state index contributed by atoms with van der Waals surface area (Å²) in [5, 5.41) is 4.05. The van der Waals surface area contributed by atoms with Gasteiger partial charge in [-0.1, -0.05) is 11.2 Å². The minimum absolute atomic E-state index is 0.193. The Bertz CT molecular complexity index is 1220. The van der Waals surface area contributed by atoms with Crippen LogP contribution in [0, 0.1) is 13.8 Å². The minimum Gasteiger partial charge on any atom is -0.488 e. The van der Waals surface area contributed by atoms with E-state index in [1.165, 1.54) is 0 Å². The van der Waals surface area contributed by atoms with Gasteiger partial charge < -0.3 is 14.2 Å². The molecule has 0 amide bonds. The molecule has 4 heterocycles. The first-order valence-electron chi connectivity index (χ1n) is 8.50. The Morgan fingerprint density at radius 2 is 2.19 bits per heavy atom. The number of pyridine rings is 1. The highest BCUT2D eigenvalue weighted by Crippen LogP contribution is 2.45. The fourth-order valence-electron chi connectivity index (χ4n) is 3.76. The highest BCUT2D eigenvalue weighted by atomic mass is 79.9. The Labute approximate surface area is 162 Å². The van der Waals surface area contributed by atoms with Crippen LogP contribution in [0.2, 0.25) is 0 Å². The first kappa shape index (κ1) is 16.3. The molecule has 0 spiro atoms. The van der Waals surface area contributed by atoms with E-state index in [4.69, 9.17) is 9.26 Å². The normalized spacial score (nSPS) is 15.9. The van der Waals surface area contributed by atoms with Gasteiger partial charge in [0.25, 0.3) is 0 Å². The molecule has 1 aromatic carbocycles. The molecular formula is C19H15BrN4O3. The molecule has 4 aromatic rings. The molecule has 7 nitrogen and oxygen atoms in total. The van der Waals surface area contributed by atoms with Crippen molar-refractivity contribution in [2.45, 2.75) is 19.9 Å². The van der Waals surface area contributed by atoms with Gasteiger partial charge in [0, 0.05) is 16.2 Å². The van der Waals surface area contributed by atoms with Crippen LogP contribution in [0.5, 0.6) is 5.75 Å². The smallest absolute Gasteiger partial charge is 0.327 e. The summed E-state index contributed by atoms with van der Waals surface area (Å²) in [6.07, 6.45) is 1.72. The number of halogens is 1. The maximum atomic E-state index is 12.8. The van der Waals surface area contributed by atoms with Crippen molar-refractivity contribution < 1.29 is 9.26 Å². The highest BCUT2D eigenvalue weighted by Gasteiger charge is 2.32. The Morgan fingerprint density at radius 3 is 2.89 bits per heavy atom. The molecule has 0 saturated heterocycles. The molecule has 136 valence electrons. The minimum atomic E-state index is -0.299. The Balaban J connectivity index is 1.85. The van der Waals surface area contributed by atoms with Crippen molar-refractivity contribution in [1.82, 2.24) is 19.7 Å². The summed E-state index contributed by atoms with van der Waals surface area (Å²) in [5.41, 5.74) is 4.50. The average Bonchev–Trinajstić information content (AvgIpc) is 3.20. The summed E-state index contributed by atoms with van der Waals surface area (Å²) in [6, 6.07) is 7.29. The molecular weight excluding hydrogens is 412 g/mol. The molecule has 1 aliphatic rings. The maximum absolute atomic E-state index is 12.8. The Hall–Kier alpha value is -2.87. The number of H-pyrrole nitrogens is 1. The second-order valence-electron chi connectivity index (χ2n) is 6.54. The van der Waals surface area contributed by atoms with Gasteiger partial charge in [-0.15, -0.1) is 0 Å². The average molecular weight is 427 g/mol. The zero-order valence-corrected chi connectivity index (χ0v) is 16.2. The Morgan fingerprint density at radius 1 is 1.33 bits per heavy atom. The molecule has 0 radical (unpaired) electrons. The van der Waals surface area contributed by atoms with Crippen molar-refractivity contribution in [2.24, 2.45) is 0 Å². The SMILES string of the molecule is Cc1noc(C)c1-c1cc(Br)c2[nH]c(=O)n3c2c1OCC3c1ccccn1. The van der Waals surface area contributed by atoms with Crippen LogP contribution in [-0.2, 0) is 0 Å². The number of ether oxygens (including phenoxy) is 1. The first-order valence-corrected chi connectivity index (χ1v) is 9.29. The number of nitrogens with one attached hydrogen (secondary N) is 1. The summed E-state index contributed by atoms with van der Waals surface area (Å²) in [4.78, 5) is 20.2. The van der Waals surface area contributed by atoms with Crippen LogP contribution in [0.4, 0.5) is 0 Å². The molecule has 5 rings (SSSR count). The zero-order chi connectivity index (χ0) is 18.7. The van der Waals surface area contributed by atoms with Gasteiger partial charge in [0.1, 0.15) is 23.9 Å². The van der Waals surface area contributed by atoms with E-state index >= 15 is 0 Å². The molecule has 1 N–H and O–H groups in total. The van der Waals surface area contributed by atoms with Crippen molar-refractivity contribution in [2.75, 3.05) is 6.61 Å². The van der Waals surface area contributed by atoms with E-state index in [2.05, 4.69) is 31.1 Å². The topological polar surface area (TPSA) is 85.9 Å². The van der Waals surface area contributed by atoms with E-state index in [0.29, 0.717) is 29.2 Å². The van der Waals surface area contributed by atoms with Crippen molar-refractivity contribution >= 4 is 27.0 Å². The number of benzene rings is 1. The van der Waals surface area contributed by atoms with Crippen LogP contribution in [0.25, 0.3) is 22.2 Å². The van der Waals surface area contributed by atoms with Gasteiger partial charge in [0.05, 0.1) is 22.5 Å². The molecule has 1 atom stereocenters. The highest BCUT2D eigenvalue weighted by molar-refractivity contribution is 9.10. The van der Waals surface area contributed by atoms with Gasteiger partial charge in [0.2, 0.25) is 0 Å². The third kappa shape index (κ3) is 2.29. The van der Waals surface area contributed by atoms with E-state index in [1.807, 2.05) is 38.1 Å². The van der Waals surface area contributed by atoms with Crippen molar-refractivity contribution in [1.29, 1.82) is 0 Å². The van der Waals surface area contributed by atoms with E-state index in [0.717, 1.165) is 27.0 Å². The van der Waals surface area contributed by atoms with Gasteiger partial charge >= 0.3 is 5.69 Å². The van der Waals surface area contributed by atoms with Gasteiger partial charge in [-0.3, -0.25) is 9.55 Å². The fourth-order valence-corrected chi connectivity index (χ4v) is 4.28. The number of nitrogens with zero attached hydrogens (tertiary/aromatic N) is 3. The van der Waals surface area contributed by atoms with Crippen molar-refractivity contribution in [3.63, 3.8) is 0 Å². The van der Waals surface area contributed by atoms with E-state index in [9.17, 15) is 4.79 Å². The van der Waals surface area contributed by atoms with E-state index in [1.54, 1.807) is 10.8 Å². The number of aromatic amines is 1. The lowest BCUT2D eigenvalue weighted by molar-refractivity contribution is 0.255. The van der Waals surface area contributed by atoms with Crippen LogP contribution in [-0.4, -0.2) is 26.3 Å². The second-order valence-corrected chi connectivity index (χ2v) is 7.39. The van der Waals surface area contributed by atoms with Gasteiger partial charge in [0.15, 0.2) is 5.75 Å². The molecule has 1 unspecified atom stereocenters. The third-order valence-corrected chi connectivity index (χ3v) is 5.55. The largest absolute Gasteiger partial charge is 0.488 e. The van der Waals surface area contributed by atoms with Gasteiger partial charge in [-0.05, 0) is 48.0 Å². The van der Waals surface area contributed by atoms with Crippen molar-refractivity contribution in [3.8, 4) is 16.9 Å². The quantitative estimate of drug-likeness (QED) is 0.527. The number of aromatic nitrogens is 4. The maximum Gasteiger partial charge on any atom is 0.327 e. The summed E-state index contributed by atoms with van der Waals surface area (Å²) in [7, 11) is 0. The lowest BCUT2D eigenvalue weighted by Crippen LogP contribution is -2.31. The first-order chi connectivity index (χ1) is 13.1. The molecule has 3 aromatic heterocycles. The molecule has 0 fully saturated rings. The fraction of sp³-hybridized carbons (Fsp3) is 0.211. The van der Waals surface area contributed by atoms with Crippen LogP contribution in [0.3, 0.4) is 0 Å².